The molecular formula is C28H39N7O4. The monoisotopic (exact) mass is 537 g/mol. The summed E-state index contributed by atoms with van der Waals surface area (Å²) in [6.07, 6.45) is 2.10. The highest BCUT2D eigenvalue weighted by molar-refractivity contribution is 5.47. The zero-order chi connectivity index (χ0) is 27.1. The van der Waals surface area contributed by atoms with Crippen LogP contribution in [0.1, 0.15) is 30.9 Å². The molecule has 4 rings (SSSR count). The van der Waals surface area contributed by atoms with E-state index in [0.717, 1.165) is 36.4 Å². The molecule has 0 unspecified atom stereocenters. The Hall–Kier alpha value is -3.67. The minimum atomic E-state index is 0.248. The van der Waals surface area contributed by atoms with E-state index in [0.29, 0.717) is 70.5 Å². The third-order valence-electron chi connectivity index (χ3n) is 5.96. The van der Waals surface area contributed by atoms with Crippen molar-refractivity contribution >= 4 is 17.8 Å². The predicted molar refractivity (Wildman–Crippen MR) is 151 cm³/mol. The van der Waals surface area contributed by atoms with Gasteiger partial charge in [0.2, 0.25) is 24.6 Å². The maximum absolute atomic E-state index is 5.64. The van der Waals surface area contributed by atoms with Gasteiger partial charge in [-0.05, 0) is 29.7 Å². The number of benzene rings is 2. The quantitative estimate of drug-likeness (QED) is 0.206. The van der Waals surface area contributed by atoms with Crippen molar-refractivity contribution in [2.24, 2.45) is 5.73 Å². The molecule has 1 aliphatic rings. The highest BCUT2D eigenvalue weighted by atomic mass is 16.7. The number of rotatable bonds is 18. The summed E-state index contributed by atoms with van der Waals surface area (Å²) in [5, 5.41) is 6.64. The van der Waals surface area contributed by atoms with Crippen LogP contribution in [0, 0.1) is 0 Å². The normalized spacial score (nSPS) is 11.9. The molecule has 0 saturated carbocycles. The fraction of sp³-hybridized carbons (Fsp3) is 0.464. The summed E-state index contributed by atoms with van der Waals surface area (Å²) < 4.78 is 21.9. The van der Waals surface area contributed by atoms with E-state index in [1.54, 1.807) is 0 Å². The van der Waals surface area contributed by atoms with Crippen LogP contribution in [-0.2, 0) is 22.6 Å². The van der Waals surface area contributed by atoms with Gasteiger partial charge in [-0.3, -0.25) is 0 Å². The van der Waals surface area contributed by atoms with Gasteiger partial charge in [-0.2, -0.15) is 15.0 Å². The van der Waals surface area contributed by atoms with Gasteiger partial charge in [0.05, 0.1) is 26.4 Å². The number of ether oxygens (including phenoxy) is 4. The summed E-state index contributed by atoms with van der Waals surface area (Å²) >= 11 is 0. The Morgan fingerprint density at radius 1 is 0.872 bits per heavy atom. The molecule has 0 aliphatic carbocycles. The first-order chi connectivity index (χ1) is 19.2. The van der Waals surface area contributed by atoms with Gasteiger partial charge in [-0.25, -0.2) is 0 Å². The molecule has 2 heterocycles. The number of fused-ring (bicyclic) bond motifs is 1. The number of nitrogens with two attached hydrogens (primary N) is 1. The van der Waals surface area contributed by atoms with Crippen LogP contribution in [0.15, 0.2) is 48.5 Å². The number of hydrogen-bond acceptors (Lipinski definition) is 11. The van der Waals surface area contributed by atoms with Crippen LogP contribution in [0.4, 0.5) is 17.8 Å². The van der Waals surface area contributed by atoms with Gasteiger partial charge in [-0.15, -0.1) is 0 Å². The van der Waals surface area contributed by atoms with Gasteiger partial charge in [-0.1, -0.05) is 49.7 Å². The fourth-order valence-electron chi connectivity index (χ4n) is 3.94. The first-order valence-corrected chi connectivity index (χ1v) is 13.5. The third kappa shape index (κ3) is 9.24. The molecule has 2 aromatic carbocycles. The standard InChI is InChI=1S/C28H39N7O4/c1-2-3-13-35(20-22-7-5-4-6-8-22)28-33-26(30-12-15-37-17-16-36-14-11-29)32-27(34-28)31-19-23-9-10-24-25(18-23)39-21-38-24/h4-10,18H,2-3,11-17,19-21,29H2,1H3,(H2,30,31,32,33,34). The van der Waals surface area contributed by atoms with Gasteiger partial charge in [0.1, 0.15) is 0 Å². The molecule has 3 aromatic rings. The van der Waals surface area contributed by atoms with Gasteiger partial charge >= 0.3 is 0 Å². The van der Waals surface area contributed by atoms with E-state index in [1.165, 1.54) is 5.56 Å². The Kier molecular flexibility index (Phi) is 11.4. The molecule has 0 saturated heterocycles. The lowest BCUT2D eigenvalue weighted by Gasteiger charge is -2.23. The van der Waals surface area contributed by atoms with Crippen molar-refractivity contribution in [1.29, 1.82) is 0 Å². The van der Waals surface area contributed by atoms with Crippen LogP contribution in [0.5, 0.6) is 11.5 Å². The molecule has 0 radical (unpaired) electrons. The summed E-state index contributed by atoms with van der Waals surface area (Å²) in [6, 6.07) is 16.2. The first kappa shape index (κ1) is 28.3. The van der Waals surface area contributed by atoms with E-state index in [1.807, 2.05) is 36.4 Å². The maximum atomic E-state index is 5.64. The van der Waals surface area contributed by atoms with Crippen molar-refractivity contribution in [1.82, 2.24) is 15.0 Å². The van der Waals surface area contributed by atoms with Crippen LogP contribution in [0.3, 0.4) is 0 Å². The number of aromatic nitrogens is 3. The lowest BCUT2D eigenvalue weighted by atomic mass is 10.2. The maximum Gasteiger partial charge on any atom is 0.232 e. The molecule has 4 N–H and O–H groups in total. The van der Waals surface area contributed by atoms with Crippen molar-refractivity contribution in [2.75, 3.05) is 68.4 Å². The van der Waals surface area contributed by atoms with Crippen LogP contribution < -0.4 is 30.7 Å². The lowest BCUT2D eigenvalue weighted by Crippen LogP contribution is -2.27. The van der Waals surface area contributed by atoms with Gasteiger partial charge in [0, 0.05) is 32.7 Å². The molecule has 39 heavy (non-hydrogen) atoms. The Balaban J connectivity index is 1.45. The SMILES string of the molecule is CCCCN(Cc1ccccc1)c1nc(NCCOCCOCCN)nc(NCc2ccc3c(c2)OCO3)n1. The Morgan fingerprint density at radius 3 is 2.44 bits per heavy atom. The number of hydrogen-bond donors (Lipinski definition) is 3. The van der Waals surface area contributed by atoms with E-state index < -0.39 is 0 Å². The highest BCUT2D eigenvalue weighted by Gasteiger charge is 2.16. The van der Waals surface area contributed by atoms with Crippen molar-refractivity contribution in [3.8, 4) is 11.5 Å². The van der Waals surface area contributed by atoms with Gasteiger partial charge < -0.3 is 40.2 Å². The van der Waals surface area contributed by atoms with Crippen molar-refractivity contribution in [2.45, 2.75) is 32.9 Å². The molecule has 11 nitrogen and oxygen atoms in total. The minimum absolute atomic E-state index is 0.248. The second-order valence-electron chi connectivity index (χ2n) is 9.02. The molecule has 0 amide bonds. The largest absolute Gasteiger partial charge is 0.454 e. The summed E-state index contributed by atoms with van der Waals surface area (Å²) in [5.74, 6) is 3.11. The zero-order valence-corrected chi connectivity index (χ0v) is 22.6. The van der Waals surface area contributed by atoms with Crippen molar-refractivity contribution in [3.05, 3.63) is 59.7 Å². The molecule has 1 aliphatic heterocycles. The molecule has 0 fully saturated rings. The minimum Gasteiger partial charge on any atom is -0.454 e. The number of unbranched alkanes of at least 4 members (excludes halogenated alkanes) is 1. The Labute approximate surface area is 230 Å². The predicted octanol–water partition coefficient (Wildman–Crippen LogP) is 3.42. The molecule has 0 bridgehead atoms. The Morgan fingerprint density at radius 2 is 1.64 bits per heavy atom. The summed E-state index contributed by atoms with van der Waals surface area (Å²) in [6.45, 7) is 7.62. The molecule has 0 spiro atoms. The van der Waals surface area contributed by atoms with E-state index in [9.17, 15) is 0 Å². The van der Waals surface area contributed by atoms with Crippen LogP contribution >= 0.6 is 0 Å². The summed E-state index contributed by atoms with van der Waals surface area (Å²) in [7, 11) is 0. The number of anilines is 3. The average molecular weight is 538 g/mol. The van der Waals surface area contributed by atoms with E-state index in [2.05, 4.69) is 39.6 Å². The third-order valence-corrected chi connectivity index (χ3v) is 5.96. The molecule has 0 atom stereocenters. The van der Waals surface area contributed by atoms with Crippen molar-refractivity contribution < 1.29 is 18.9 Å². The van der Waals surface area contributed by atoms with Crippen LogP contribution in [0.2, 0.25) is 0 Å². The van der Waals surface area contributed by atoms with E-state index in [-0.39, 0.29) is 6.79 Å². The average Bonchev–Trinajstić information content (AvgIpc) is 3.44. The molecular weight excluding hydrogens is 498 g/mol. The van der Waals surface area contributed by atoms with Crippen LogP contribution in [0.25, 0.3) is 0 Å². The van der Waals surface area contributed by atoms with Gasteiger partial charge in [0.25, 0.3) is 0 Å². The highest BCUT2D eigenvalue weighted by Crippen LogP contribution is 2.32. The molecule has 210 valence electrons. The van der Waals surface area contributed by atoms with E-state index >= 15 is 0 Å². The first-order valence-electron chi connectivity index (χ1n) is 13.5. The lowest BCUT2D eigenvalue weighted by molar-refractivity contribution is 0.0547. The van der Waals surface area contributed by atoms with Gasteiger partial charge in [0.15, 0.2) is 11.5 Å². The van der Waals surface area contributed by atoms with Crippen molar-refractivity contribution in [3.63, 3.8) is 0 Å². The number of nitrogens with zero attached hydrogens (tertiary/aromatic N) is 4. The van der Waals surface area contributed by atoms with E-state index in [4.69, 9.17) is 34.6 Å². The molecule has 11 heteroatoms. The Bertz CT molecular complexity index is 1140. The zero-order valence-electron chi connectivity index (χ0n) is 22.6. The summed E-state index contributed by atoms with van der Waals surface area (Å²) in [4.78, 5) is 16.4. The second-order valence-corrected chi connectivity index (χ2v) is 9.02. The number of nitrogens with one attached hydrogen (secondary N) is 2. The van der Waals surface area contributed by atoms with Crippen LogP contribution in [-0.4, -0.2) is 67.8 Å². The smallest absolute Gasteiger partial charge is 0.232 e. The molecule has 1 aromatic heterocycles. The second kappa shape index (κ2) is 15.7. The topological polar surface area (TPSA) is 129 Å². The summed E-state index contributed by atoms with van der Waals surface area (Å²) in [5.41, 5.74) is 7.67. The fourth-order valence-corrected chi connectivity index (χ4v) is 3.94.